The van der Waals surface area contributed by atoms with E-state index in [4.69, 9.17) is 0 Å². The molecule has 0 aliphatic carbocycles. The summed E-state index contributed by atoms with van der Waals surface area (Å²) in [5.41, 5.74) is 4.57. The molecule has 2 aliphatic heterocycles. The van der Waals surface area contributed by atoms with Crippen LogP contribution in [0.2, 0.25) is 0 Å². The molecular formula is C31H38N3OS+. The number of quaternary nitrogens is 1. The molecule has 1 amide bonds. The van der Waals surface area contributed by atoms with Crippen LogP contribution in [0.15, 0.2) is 82.6 Å². The number of nitrogens with zero attached hydrogens (tertiary/aromatic N) is 2. The fourth-order valence-electron chi connectivity index (χ4n) is 6.09. The smallest absolute Gasteiger partial charge is 0.251 e. The Kier molecular flexibility index (Phi) is 7.40. The molecule has 0 spiro atoms. The van der Waals surface area contributed by atoms with Crippen molar-refractivity contribution in [3.63, 3.8) is 0 Å². The number of likely N-dealkylation sites (tertiary alicyclic amines) is 1. The van der Waals surface area contributed by atoms with Crippen LogP contribution in [0.4, 0.5) is 11.4 Å². The minimum absolute atomic E-state index is 0.0110. The first-order valence-electron chi connectivity index (χ1n) is 13.4. The molecule has 1 fully saturated rings. The lowest BCUT2D eigenvalue weighted by Crippen LogP contribution is -2.54. The van der Waals surface area contributed by atoms with E-state index in [0.717, 1.165) is 28.7 Å². The summed E-state index contributed by atoms with van der Waals surface area (Å²) in [5.74, 6) is 0.0110. The summed E-state index contributed by atoms with van der Waals surface area (Å²) in [4.78, 5) is 17.9. The van der Waals surface area contributed by atoms with Gasteiger partial charge in [-0.05, 0) is 50.6 Å². The Hall–Kier alpha value is -2.76. The number of amides is 1. The molecular weight excluding hydrogens is 462 g/mol. The number of rotatable bonds is 8. The number of carbonyl (C=O) groups is 1. The predicted octanol–water partition coefficient (Wildman–Crippen LogP) is 7.19. The molecule has 188 valence electrons. The largest absolute Gasteiger partial charge is 0.352 e. The van der Waals surface area contributed by atoms with Gasteiger partial charge in [-0.15, -0.1) is 0 Å². The normalized spacial score (nSPS) is 17.7. The Bertz CT molecular complexity index is 1210. The molecule has 36 heavy (non-hydrogen) atoms. The second-order valence-electron chi connectivity index (χ2n) is 10.4. The lowest BCUT2D eigenvalue weighted by molar-refractivity contribution is -0.945. The molecule has 2 aliphatic rings. The van der Waals surface area contributed by atoms with Gasteiger partial charge >= 0.3 is 0 Å². The van der Waals surface area contributed by atoms with E-state index in [1.54, 1.807) is 0 Å². The number of benzene rings is 3. The molecule has 0 bridgehead atoms. The summed E-state index contributed by atoms with van der Waals surface area (Å²) in [6.45, 7) is 11.1. The summed E-state index contributed by atoms with van der Waals surface area (Å²) in [5, 5.41) is 3.05. The molecule has 2 unspecified atom stereocenters. The van der Waals surface area contributed by atoms with Gasteiger partial charge in [0.1, 0.15) is 6.04 Å². The van der Waals surface area contributed by atoms with E-state index in [1.165, 1.54) is 47.0 Å². The fraction of sp³-hybridized carbons (Fsp3) is 0.387. The van der Waals surface area contributed by atoms with Crippen molar-refractivity contribution in [3.05, 3.63) is 83.9 Å². The van der Waals surface area contributed by atoms with Crippen LogP contribution in [0.25, 0.3) is 0 Å². The van der Waals surface area contributed by atoms with E-state index in [0.29, 0.717) is 12.6 Å². The third kappa shape index (κ3) is 4.79. The van der Waals surface area contributed by atoms with E-state index >= 15 is 0 Å². The van der Waals surface area contributed by atoms with Gasteiger partial charge in [0.15, 0.2) is 0 Å². The van der Waals surface area contributed by atoms with E-state index < -0.39 is 0 Å². The van der Waals surface area contributed by atoms with Gasteiger partial charge in [-0.25, -0.2) is 0 Å². The molecule has 0 radical (unpaired) electrons. The average Bonchev–Trinajstić information content (AvgIpc) is 3.39. The highest BCUT2D eigenvalue weighted by Gasteiger charge is 2.41. The monoisotopic (exact) mass is 500 g/mol. The first-order chi connectivity index (χ1) is 17.5. The molecule has 5 heteroatoms. The highest BCUT2D eigenvalue weighted by molar-refractivity contribution is 7.99. The van der Waals surface area contributed by atoms with Gasteiger partial charge < -0.3 is 14.7 Å². The van der Waals surface area contributed by atoms with Crippen molar-refractivity contribution in [2.75, 3.05) is 31.1 Å². The molecule has 0 saturated carbocycles. The molecule has 1 N–H and O–H groups in total. The van der Waals surface area contributed by atoms with Crippen molar-refractivity contribution in [3.8, 4) is 0 Å². The van der Waals surface area contributed by atoms with Crippen molar-refractivity contribution in [1.82, 2.24) is 5.32 Å². The number of para-hydroxylation sites is 1. The highest BCUT2D eigenvalue weighted by Crippen LogP contribution is 2.50. The van der Waals surface area contributed by atoms with E-state index in [1.807, 2.05) is 17.8 Å². The van der Waals surface area contributed by atoms with Crippen LogP contribution in [0.1, 0.15) is 62.0 Å². The maximum Gasteiger partial charge on any atom is 0.251 e. The summed E-state index contributed by atoms with van der Waals surface area (Å²) in [6, 6.07) is 26.7. The second-order valence-corrected chi connectivity index (χ2v) is 11.5. The lowest BCUT2D eigenvalue weighted by Gasteiger charge is -2.45. The van der Waals surface area contributed by atoms with Crippen molar-refractivity contribution in [2.45, 2.75) is 61.9 Å². The number of carbonyl (C=O) groups excluding carboxylic acids is 1. The molecule has 4 nitrogen and oxygen atoms in total. The Morgan fingerprint density at radius 2 is 1.64 bits per heavy atom. The number of fused-ring (bicyclic) bond motifs is 2. The summed E-state index contributed by atoms with van der Waals surface area (Å²) < 4.78 is 1.11. The molecule has 2 heterocycles. The van der Waals surface area contributed by atoms with Gasteiger partial charge in [0.05, 0.1) is 37.1 Å². The topological polar surface area (TPSA) is 32.3 Å². The predicted molar refractivity (Wildman–Crippen MR) is 150 cm³/mol. The highest BCUT2D eigenvalue weighted by atomic mass is 32.2. The maximum atomic E-state index is 12.8. The molecule has 2 atom stereocenters. The number of hydrogen-bond donors (Lipinski definition) is 1. The van der Waals surface area contributed by atoms with Crippen molar-refractivity contribution < 1.29 is 9.28 Å². The van der Waals surface area contributed by atoms with Gasteiger partial charge in [-0.3, -0.25) is 4.79 Å². The molecule has 3 aromatic rings. The quantitative estimate of drug-likeness (QED) is 0.332. The van der Waals surface area contributed by atoms with Crippen LogP contribution >= 0.6 is 11.8 Å². The summed E-state index contributed by atoms with van der Waals surface area (Å²) in [6.07, 6.45) is 3.51. The zero-order valence-electron chi connectivity index (χ0n) is 21.7. The van der Waals surface area contributed by atoms with E-state index in [-0.39, 0.29) is 11.9 Å². The second kappa shape index (κ2) is 10.7. The summed E-state index contributed by atoms with van der Waals surface area (Å²) >= 11 is 1.81. The Balaban J connectivity index is 1.51. The van der Waals surface area contributed by atoms with E-state index in [2.05, 4.69) is 97.7 Å². The summed E-state index contributed by atoms with van der Waals surface area (Å²) in [7, 11) is 0. The van der Waals surface area contributed by atoms with Crippen molar-refractivity contribution >= 4 is 29.0 Å². The number of anilines is 2. The standard InChI is InChI=1S/C31H37N3OS/c1-4-18-32-31(35)26-16-17-30-28(21-26)33(27-14-8-9-15-29(27)36-30)23(2)22-34(19-10-11-20-34)24(3)25-12-6-5-7-13-25/h5-9,12-17,21,23-24H,4,10-11,18-20,22H2,1-3H3/p+1. The first kappa shape index (κ1) is 24.9. The fourth-order valence-corrected chi connectivity index (χ4v) is 7.14. The molecule has 3 aromatic carbocycles. The number of nitrogens with one attached hydrogen (secondary N) is 1. The molecule has 0 aromatic heterocycles. The molecule has 5 rings (SSSR count). The third-order valence-corrected chi connectivity index (χ3v) is 9.12. The zero-order chi connectivity index (χ0) is 25.1. The van der Waals surface area contributed by atoms with Crippen LogP contribution in [-0.2, 0) is 0 Å². The van der Waals surface area contributed by atoms with Crippen LogP contribution in [-0.4, -0.2) is 42.6 Å². The van der Waals surface area contributed by atoms with E-state index in [9.17, 15) is 4.79 Å². The minimum Gasteiger partial charge on any atom is -0.352 e. The van der Waals surface area contributed by atoms with Gasteiger partial charge in [0, 0.05) is 40.3 Å². The Morgan fingerprint density at radius 1 is 0.944 bits per heavy atom. The van der Waals surface area contributed by atoms with Crippen LogP contribution in [0, 0.1) is 0 Å². The molecule has 1 saturated heterocycles. The minimum atomic E-state index is 0.0110. The Morgan fingerprint density at radius 3 is 2.39 bits per heavy atom. The Labute approximate surface area is 220 Å². The van der Waals surface area contributed by atoms with Gasteiger partial charge in [0.2, 0.25) is 0 Å². The van der Waals surface area contributed by atoms with Crippen molar-refractivity contribution in [1.29, 1.82) is 0 Å². The first-order valence-corrected chi connectivity index (χ1v) is 14.2. The lowest BCUT2D eigenvalue weighted by atomic mass is 10.0. The third-order valence-electron chi connectivity index (χ3n) is 7.99. The van der Waals surface area contributed by atoms with Crippen LogP contribution in [0.5, 0.6) is 0 Å². The van der Waals surface area contributed by atoms with Gasteiger partial charge in [-0.2, -0.15) is 0 Å². The SMILES string of the molecule is CCCNC(=O)c1ccc2c(c1)N(C(C)C[N+]1(C(C)c3ccccc3)CCCC1)c1ccccc1S2. The number of hydrogen-bond acceptors (Lipinski definition) is 3. The van der Waals surface area contributed by atoms with Crippen molar-refractivity contribution in [2.24, 2.45) is 0 Å². The van der Waals surface area contributed by atoms with Gasteiger partial charge in [0.25, 0.3) is 5.91 Å². The zero-order valence-corrected chi connectivity index (χ0v) is 22.6. The van der Waals surface area contributed by atoms with Crippen LogP contribution < -0.4 is 10.2 Å². The van der Waals surface area contributed by atoms with Crippen LogP contribution in [0.3, 0.4) is 0 Å². The maximum absolute atomic E-state index is 12.8. The van der Waals surface area contributed by atoms with Gasteiger partial charge in [-0.1, -0.05) is 61.2 Å². The average molecular weight is 501 g/mol.